The Hall–Kier alpha value is -0.360. The molecule has 0 amide bonds. The highest BCUT2D eigenvalue weighted by Gasteiger charge is 2.58. The van der Waals surface area contributed by atoms with Crippen molar-refractivity contribution in [2.45, 2.75) is 62.0 Å². The summed E-state index contributed by atoms with van der Waals surface area (Å²) in [4.78, 5) is 0. The summed E-state index contributed by atoms with van der Waals surface area (Å²) >= 11 is 0. The van der Waals surface area contributed by atoms with Gasteiger partial charge in [0.15, 0.2) is 12.1 Å². The van der Waals surface area contributed by atoms with Gasteiger partial charge in [-0.15, -0.1) is 0 Å². The lowest BCUT2D eigenvalue weighted by Gasteiger charge is -2.23. The van der Waals surface area contributed by atoms with Crippen molar-refractivity contribution in [3.8, 4) is 0 Å². The van der Waals surface area contributed by atoms with E-state index in [2.05, 4.69) is 4.18 Å². The largest absolute Gasteiger partial charge is 0.523 e. The van der Waals surface area contributed by atoms with Crippen molar-refractivity contribution >= 4 is 17.9 Å². The van der Waals surface area contributed by atoms with Crippen molar-refractivity contribution in [3.63, 3.8) is 0 Å². The number of methoxy groups -OCH3 is 1. The fraction of sp³-hybridized carbons (Fsp3) is 1.00. The van der Waals surface area contributed by atoms with E-state index in [0.717, 1.165) is 6.66 Å². The predicted octanol–water partition coefficient (Wildman–Crippen LogP) is 1.92. The lowest BCUT2D eigenvalue weighted by molar-refractivity contribution is -0.228. The Labute approximate surface area is 143 Å². The minimum absolute atomic E-state index is 0.401. The van der Waals surface area contributed by atoms with E-state index in [9.17, 15) is 26.2 Å². The number of hydrogen-bond acceptors (Lipinski definition) is 8. The summed E-state index contributed by atoms with van der Waals surface area (Å²) < 4.78 is 97.6. The zero-order chi connectivity index (χ0) is 19.2. The summed E-state index contributed by atoms with van der Waals surface area (Å²) in [5.41, 5.74) is -5.61. The first kappa shape index (κ1) is 20.9. The van der Waals surface area contributed by atoms with Crippen LogP contribution in [-0.2, 0) is 37.8 Å². The third-order valence-electron chi connectivity index (χ3n) is 3.70. The Morgan fingerprint density at radius 1 is 1.24 bits per heavy atom. The maximum absolute atomic E-state index is 12.5. The second-order valence-corrected chi connectivity index (χ2v) is 9.31. The fourth-order valence-electron chi connectivity index (χ4n) is 2.67. The van der Waals surface area contributed by atoms with Crippen molar-refractivity contribution in [1.82, 2.24) is 0 Å². The SMILES string of the molecule is CO[C@@H]1O[C@H](CC(OS(=O)(=O)C(F)(F)F)[P+](C)=O)[C@H]2OC(C)(C)O[C@@H]12. The normalized spacial score (nSPS) is 34.0. The molecule has 2 saturated heterocycles. The van der Waals surface area contributed by atoms with E-state index in [1.165, 1.54) is 7.11 Å². The first-order valence-electron chi connectivity index (χ1n) is 7.21. The molecule has 0 aliphatic carbocycles. The molecule has 0 N–H and O–H groups in total. The van der Waals surface area contributed by atoms with E-state index >= 15 is 0 Å². The standard InChI is InChI=1S/C12H19F3O8PS/c1-11(2)21-8-6(20-10(19-3)9(8)22-11)5-7(24(4)16)23-25(17,18)12(13,14)15/h6-10H,5H2,1-4H3/q+1/t6-,7?,8-,9-,10-/m1/s1. The van der Waals surface area contributed by atoms with Gasteiger partial charge in [-0.1, -0.05) is 4.57 Å². The zero-order valence-corrected chi connectivity index (χ0v) is 15.6. The van der Waals surface area contributed by atoms with Gasteiger partial charge in [0.25, 0.3) is 5.85 Å². The summed E-state index contributed by atoms with van der Waals surface area (Å²) in [6, 6.07) is 0. The van der Waals surface area contributed by atoms with Gasteiger partial charge in [0.2, 0.25) is 0 Å². The number of fused-ring (bicyclic) bond motifs is 1. The quantitative estimate of drug-likeness (QED) is 0.372. The molecule has 2 unspecified atom stereocenters. The summed E-state index contributed by atoms with van der Waals surface area (Å²) in [5.74, 6) is -2.70. The Morgan fingerprint density at radius 2 is 1.80 bits per heavy atom. The van der Waals surface area contributed by atoms with Crippen LogP contribution in [0.2, 0.25) is 0 Å². The summed E-state index contributed by atoms with van der Waals surface area (Å²) in [6.45, 7) is 4.34. The molecule has 0 aromatic heterocycles. The van der Waals surface area contributed by atoms with Gasteiger partial charge in [-0.3, -0.25) is 0 Å². The number of halogens is 3. The summed E-state index contributed by atoms with van der Waals surface area (Å²) in [7, 11) is -6.96. The summed E-state index contributed by atoms with van der Waals surface area (Å²) in [6.07, 6.45) is -3.55. The van der Waals surface area contributed by atoms with Crippen LogP contribution >= 0.6 is 7.80 Å². The second kappa shape index (κ2) is 6.99. The lowest BCUT2D eigenvalue weighted by atomic mass is 10.1. The van der Waals surface area contributed by atoms with Gasteiger partial charge < -0.3 is 18.9 Å². The molecule has 0 spiro atoms. The molecule has 2 aliphatic heterocycles. The minimum atomic E-state index is -5.89. The van der Waals surface area contributed by atoms with Crippen LogP contribution < -0.4 is 0 Å². The van der Waals surface area contributed by atoms with Crippen molar-refractivity contribution in [3.05, 3.63) is 0 Å². The van der Waals surface area contributed by atoms with E-state index in [0.29, 0.717) is 0 Å². The zero-order valence-electron chi connectivity index (χ0n) is 13.8. The smallest absolute Gasteiger partial charge is 0.353 e. The van der Waals surface area contributed by atoms with E-state index in [1.54, 1.807) is 13.8 Å². The predicted molar refractivity (Wildman–Crippen MR) is 77.5 cm³/mol. The maximum Gasteiger partial charge on any atom is 0.523 e. The van der Waals surface area contributed by atoms with Gasteiger partial charge in [0.1, 0.15) is 18.9 Å². The lowest BCUT2D eigenvalue weighted by Crippen LogP contribution is -2.35. The molecule has 0 aromatic rings. The Kier molecular flexibility index (Phi) is 5.86. The van der Waals surface area contributed by atoms with Crippen LogP contribution in [0.1, 0.15) is 20.3 Å². The number of alkyl halides is 3. The van der Waals surface area contributed by atoms with Gasteiger partial charge in [-0.25, -0.2) is 4.18 Å². The second-order valence-electron chi connectivity index (χ2n) is 6.08. The van der Waals surface area contributed by atoms with Gasteiger partial charge >= 0.3 is 23.4 Å². The van der Waals surface area contributed by atoms with Crippen molar-refractivity contribution in [2.24, 2.45) is 0 Å². The molecule has 0 aromatic carbocycles. The van der Waals surface area contributed by atoms with Gasteiger partial charge in [-0.05, 0) is 13.8 Å². The van der Waals surface area contributed by atoms with Crippen LogP contribution in [0.5, 0.6) is 0 Å². The van der Waals surface area contributed by atoms with E-state index in [-0.39, 0.29) is 0 Å². The molecule has 2 rings (SSSR count). The molecule has 13 heteroatoms. The highest BCUT2D eigenvalue weighted by atomic mass is 32.2. The highest BCUT2D eigenvalue weighted by molar-refractivity contribution is 7.87. The van der Waals surface area contributed by atoms with Crippen molar-refractivity contribution in [1.29, 1.82) is 0 Å². The fourth-order valence-corrected chi connectivity index (χ4v) is 4.48. The third kappa shape index (κ3) is 4.49. The van der Waals surface area contributed by atoms with Gasteiger partial charge in [-0.2, -0.15) is 21.6 Å². The molecule has 8 nitrogen and oxygen atoms in total. The third-order valence-corrected chi connectivity index (χ3v) is 6.02. The Morgan fingerprint density at radius 3 is 2.28 bits per heavy atom. The highest BCUT2D eigenvalue weighted by Crippen LogP contribution is 2.43. The summed E-state index contributed by atoms with van der Waals surface area (Å²) in [5, 5.41) is 0. The van der Waals surface area contributed by atoms with Crippen LogP contribution in [0.3, 0.4) is 0 Å². The van der Waals surface area contributed by atoms with Crippen LogP contribution in [0.25, 0.3) is 0 Å². The molecule has 2 heterocycles. The van der Waals surface area contributed by atoms with E-state index < -0.39 is 66.1 Å². The molecule has 2 fully saturated rings. The van der Waals surface area contributed by atoms with Crippen molar-refractivity contribution in [2.75, 3.05) is 13.8 Å². The van der Waals surface area contributed by atoms with Crippen molar-refractivity contribution < 1.29 is 49.3 Å². The molecule has 6 atom stereocenters. The minimum Gasteiger partial charge on any atom is -0.353 e. The van der Waals surface area contributed by atoms with Gasteiger partial charge in [0, 0.05) is 7.11 Å². The number of ether oxygens (including phenoxy) is 4. The van der Waals surface area contributed by atoms with E-state index in [4.69, 9.17) is 18.9 Å². The monoisotopic (exact) mass is 411 g/mol. The Balaban J connectivity index is 2.16. The number of hydrogen-bond donors (Lipinski definition) is 0. The van der Waals surface area contributed by atoms with Crippen LogP contribution in [-0.4, -0.2) is 63.9 Å². The van der Waals surface area contributed by atoms with E-state index in [1.807, 2.05) is 0 Å². The first-order valence-corrected chi connectivity index (χ1v) is 10.4. The van der Waals surface area contributed by atoms with Crippen LogP contribution in [0, 0.1) is 0 Å². The first-order chi connectivity index (χ1) is 11.3. The molecular weight excluding hydrogens is 392 g/mol. The number of rotatable bonds is 6. The molecule has 0 radical (unpaired) electrons. The Bertz CT molecular complexity index is 622. The average molecular weight is 411 g/mol. The molecular formula is C12H19F3O8PS+. The van der Waals surface area contributed by atoms with Crippen LogP contribution in [0.15, 0.2) is 0 Å². The molecule has 146 valence electrons. The molecule has 0 saturated carbocycles. The molecule has 2 aliphatic rings. The molecule has 0 bridgehead atoms. The molecule has 25 heavy (non-hydrogen) atoms. The maximum atomic E-state index is 12.5. The van der Waals surface area contributed by atoms with Crippen LogP contribution in [0.4, 0.5) is 13.2 Å². The average Bonchev–Trinajstić information content (AvgIpc) is 2.90. The van der Waals surface area contributed by atoms with Gasteiger partial charge in [0.05, 0.1) is 12.5 Å². The topological polar surface area (TPSA) is 97.4 Å².